The molecule has 1 aliphatic carbocycles. The third kappa shape index (κ3) is 2.74. The average molecular weight is 309 g/mol. The van der Waals surface area contributed by atoms with Gasteiger partial charge in [-0.05, 0) is 54.0 Å². The molecule has 0 amide bonds. The molecule has 120 valence electrons. The molecule has 1 N–H and O–H groups in total. The van der Waals surface area contributed by atoms with Crippen LogP contribution in [-0.2, 0) is 11.3 Å². The molecule has 23 heavy (non-hydrogen) atoms. The first-order valence-corrected chi connectivity index (χ1v) is 8.68. The van der Waals surface area contributed by atoms with Crippen LogP contribution in [0.15, 0.2) is 42.5 Å². The van der Waals surface area contributed by atoms with Gasteiger partial charge in [0.05, 0.1) is 0 Å². The minimum Gasteiger partial charge on any atom is -0.480 e. The summed E-state index contributed by atoms with van der Waals surface area (Å²) in [6.07, 6.45) is 5.68. The predicted octanol–water partition coefficient (Wildman–Crippen LogP) is 4.06. The Hall–Kier alpha value is -1.87. The molecule has 1 saturated heterocycles. The van der Waals surface area contributed by atoms with E-state index in [1.165, 1.54) is 35.6 Å². The highest BCUT2D eigenvalue weighted by molar-refractivity contribution is 5.83. The lowest BCUT2D eigenvalue weighted by Crippen LogP contribution is -2.44. The number of fused-ring (bicyclic) bond motifs is 1. The number of aliphatic carboxylic acids is 1. The predicted molar refractivity (Wildman–Crippen MR) is 91.3 cm³/mol. The summed E-state index contributed by atoms with van der Waals surface area (Å²) in [5.74, 6) is 0.0485. The molecule has 4 rings (SSSR count). The number of hydrogen-bond acceptors (Lipinski definition) is 2. The Labute approximate surface area is 136 Å². The molecule has 2 aliphatic rings. The normalized spacial score (nSPS) is 25.6. The van der Waals surface area contributed by atoms with Crippen LogP contribution < -0.4 is 0 Å². The number of nitrogens with zero attached hydrogens (tertiary/aromatic N) is 1. The molecule has 2 aromatic carbocycles. The second-order valence-electron chi connectivity index (χ2n) is 7.04. The fourth-order valence-electron chi connectivity index (χ4n) is 4.26. The minimum absolute atomic E-state index is 0.313. The quantitative estimate of drug-likeness (QED) is 0.926. The molecule has 0 aromatic heterocycles. The van der Waals surface area contributed by atoms with E-state index in [9.17, 15) is 9.90 Å². The molecule has 3 heteroatoms. The smallest absolute Gasteiger partial charge is 0.320 e. The van der Waals surface area contributed by atoms with Gasteiger partial charge >= 0.3 is 5.97 Å². The summed E-state index contributed by atoms with van der Waals surface area (Å²) in [5, 5.41) is 12.1. The monoisotopic (exact) mass is 309 g/mol. The van der Waals surface area contributed by atoms with Crippen LogP contribution in [0.1, 0.15) is 37.7 Å². The van der Waals surface area contributed by atoms with Crippen molar-refractivity contribution in [2.75, 3.05) is 0 Å². The standard InChI is InChI=1S/C20H23NO2/c22-20(23)19-11-10-18(16-6-3-7-16)21(19)13-14-8-9-15-4-1-2-5-17(15)12-14/h1-2,4-5,8-9,12,16,18-19H,3,6-7,10-11,13H2,(H,22,23). The second-order valence-corrected chi connectivity index (χ2v) is 7.04. The summed E-state index contributed by atoms with van der Waals surface area (Å²) in [5.41, 5.74) is 1.22. The highest BCUT2D eigenvalue weighted by atomic mass is 16.4. The van der Waals surface area contributed by atoms with Crippen molar-refractivity contribution in [3.05, 3.63) is 48.0 Å². The maximum Gasteiger partial charge on any atom is 0.320 e. The molecule has 3 nitrogen and oxygen atoms in total. The van der Waals surface area contributed by atoms with Crippen LogP contribution in [0.5, 0.6) is 0 Å². The Kier molecular flexibility index (Phi) is 3.82. The molecule has 2 fully saturated rings. The number of likely N-dealkylation sites (tertiary alicyclic amines) is 1. The fraction of sp³-hybridized carbons (Fsp3) is 0.450. The molecule has 2 aromatic rings. The highest BCUT2D eigenvalue weighted by Crippen LogP contribution is 2.40. The average Bonchev–Trinajstić information content (AvgIpc) is 2.89. The van der Waals surface area contributed by atoms with Gasteiger partial charge in [0.2, 0.25) is 0 Å². The van der Waals surface area contributed by atoms with E-state index in [1.807, 2.05) is 0 Å². The maximum atomic E-state index is 11.6. The number of rotatable bonds is 4. The van der Waals surface area contributed by atoms with E-state index in [-0.39, 0.29) is 6.04 Å². The van der Waals surface area contributed by atoms with Crippen molar-refractivity contribution in [2.24, 2.45) is 5.92 Å². The number of carboxylic acids is 1. The Morgan fingerprint density at radius 2 is 1.83 bits per heavy atom. The molecule has 2 atom stereocenters. The van der Waals surface area contributed by atoms with Crippen molar-refractivity contribution in [3.8, 4) is 0 Å². The van der Waals surface area contributed by atoms with Gasteiger partial charge in [0, 0.05) is 12.6 Å². The number of benzene rings is 2. The van der Waals surface area contributed by atoms with Gasteiger partial charge in [-0.15, -0.1) is 0 Å². The Bertz CT molecular complexity index is 722. The summed E-state index contributed by atoms with van der Waals surface area (Å²) < 4.78 is 0. The second kappa shape index (κ2) is 5.97. The van der Waals surface area contributed by atoms with E-state index in [2.05, 4.69) is 47.4 Å². The highest BCUT2D eigenvalue weighted by Gasteiger charge is 2.42. The molecule has 1 heterocycles. The minimum atomic E-state index is -0.660. The molecule has 1 saturated carbocycles. The van der Waals surface area contributed by atoms with Crippen LogP contribution in [-0.4, -0.2) is 28.1 Å². The van der Waals surface area contributed by atoms with E-state index in [1.54, 1.807) is 0 Å². The van der Waals surface area contributed by atoms with Crippen LogP contribution in [0, 0.1) is 5.92 Å². The summed E-state index contributed by atoms with van der Waals surface area (Å²) in [4.78, 5) is 13.9. The largest absolute Gasteiger partial charge is 0.480 e. The first-order chi connectivity index (χ1) is 11.2. The molecular weight excluding hydrogens is 286 g/mol. The fourth-order valence-corrected chi connectivity index (χ4v) is 4.26. The number of carboxylic acid groups (broad SMARTS) is 1. The maximum absolute atomic E-state index is 11.6. The summed E-state index contributed by atoms with van der Waals surface area (Å²) >= 11 is 0. The first kappa shape index (κ1) is 14.7. The molecular formula is C20H23NO2. The zero-order valence-corrected chi connectivity index (χ0v) is 13.3. The Balaban J connectivity index is 1.60. The van der Waals surface area contributed by atoms with Crippen molar-refractivity contribution in [1.29, 1.82) is 0 Å². The van der Waals surface area contributed by atoms with Crippen molar-refractivity contribution in [3.63, 3.8) is 0 Å². The van der Waals surface area contributed by atoms with Crippen molar-refractivity contribution in [1.82, 2.24) is 4.90 Å². The van der Waals surface area contributed by atoms with E-state index in [0.717, 1.165) is 19.4 Å². The van der Waals surface area contributed by atoms with Gasteiger partial charge in [0.15, 0.2) is 0 Å². The van der Waals surface area contributed by atoms with Crippen molar-refractivity contribution in [2.45, 2.75) is 50.7 Å². The first-order valence-electron chi connectivity index (χ1n) is 8.68. The van der Waals surface area contributed by atoms with Gasteiger partial charge in [0.1, 0.15) is 6.04 Å². The van der Waals surface area contributed by atoms with Gasteiger partial charge < -0.3 is 5.11 Å². The van der Waals surface area contributed by atoms with Gasteiger partial charge in [-0.1, -0.05) is 42.8 Å². The van der Waals surface area contributed by atoms with E-state index >= 15 is 0 Å². The Morgan fingerprint density at radius 1 is 1.04 bits per heavy atom. The summed E-state index contributed by atoms with van der Waals surface area (Å²) in [6, 6.07) is 15.0. The van der Waals surface area contributed by atoms with Crippen LogP contribution in [0.3, 0.4) is 0 Å². The topological polar surface area (TPSA) is 40.5 Å². The summed E-state index contributed by atoms with van der Waals surface area (Å²) in [6.45, 7) is 0.753. The van der Waals surface area contributed by atoms with E-state index in [0.29, 0.717) is 12.0 Å². The lowest BCUT2D eigenvalue weighted by Gasteiger charge is -2.38. The third-order valence-corrected chi connectivity index (χ3v) is 5.72. The van der Waals surface area contributed by atoms with Crippen LogP contribution in [0.4, 0.5) is 0 Å². The van der Waals surface area contributed by atoms with E-state index < -0.39 is 5.97 Å². The number of hydrogen-bond donors (Lipinski definition) is 1. The molecule has 1 aliphatic heterocycles. The molecule has 0 spiro atoms. The zero-order chi connectivity index (χ0) is 15.8. The SMILES string of the molecule is O=C(O)C1CCC(C2CCC2)N1Cc1ccc2ccccc2c1. The van der Waals surface area contributed by atoms with E-state index in [4.69, 9.17) is 0 Å². The van der Waals surface area contributed by atoms with Gasteiger partial charge in [-0.25, -0.2) is 0 Å². The lowest BCUT2D eigenvalue weighted by atomic mass is 9.79. The summed E-state index contributed by atoms with van der Waals surface area (Å²) in [7, 11) is 0. The Morgan fingerprint density at radius 3 is 2.52 bits per heavy atom. The molecule has 0 radical (unpaired) electrons. The van der Waals surface area contributed by atoms with Gasteiger partial charge in [0.25, 0.3) is 0 Å². The van der Waals surface area contributed by atoms with Crippen LogP contribution in [0.2, 0.25) is 0 Å². The van der Waals surface area contributed by atoms with Crippen molar-refractivity contribution >= 4 is 16.7 Å². The third-order valence-electron chi connectivity index (χ3n) is 5.72. The lowest BCUT2D eigenvalue weighted by molar-refractivity contribution is -0.143. The van der Waals surface area contributed by atoms with Crippen LogP contribution in [0.25, 0.3) is 10.8 Å². The van der Waals surface area contributed by atoms with Gasteiger partial charge in [-0.3, -0.25) is 9.69 Å². The van der Waals surface area contributed by atoms with Crippen LogP contribution >= 0.6 is 0 Å². The molecule has 0 bridgehead atoms. The number of carbonyl (C=O) groups is 1. The van der Waals surface area contributed by atoms with Crippen molar-refractivity contribution < 1.29 is 9.90 Å². The molecule has 2 unspecified atom stereocenters. The zero-order valence-electron chi connectivity index (χ0n) is 13.3. The van der Waals surface area contributed by atoms with Gasteiger partial charge in [-0.2, -0.15) is 0 Å².